The number of para-hydroxylation sites is 2. The molecule has 0 aliphatic heterocycles. The summed E-state index contributed by atoms with van der Waals surface area (Å²) in [7, 11) is 1.60. The first-order valence-electron chi connectivity index (χ1n) is 6.95. The Bertz CT molecular complexity index is 410. The summed E-state index contributed by atoms with van der Waals surface area (Å²) in [5.74, 6) is 0.602. The van der Waals surface area contributed by atoms with Crippen LogP contribution >= 0.6 is 0 Å². The molecule has 112 valence electrons. The number of nitrogens with zero attached hydrogens (tertiary/aromatic N) is 1. The van der Waals surface area contributed by atoms with Gasteiger partial charge in [0.2, 0.25) is 0 Å². The smallest absolute Gasteiger partial charge is 0.253 e. The van der Waals surface area contributed by atoms with E-state index in [0.717, 1.165) is 18.5 Å². The fraction of sp³-hybridized carbons (Fsp3) is 0.533. The summed E-state index contributed by atoms with van der Waals surface area (Å²) in [4.78, 5) is 14.0. The Morgan fingerprint density at radius 1 is 1.35 bits per heavy atom. The molecule has 0 saturated carbocycles. The van der Waals surface area contributed by atoms with E-state index in [2.05, 4.69) is 0 Å². The van der Waals surface area contributed by atoms with Gasteiger partial charge in [-0.2, -0.15) is 0 Å². The van der Waals surface area contributed by atoms with Gasteiger partial charge in [-0.3, -0.25) is 4.79 Å². The number of anilines is 1. The zero-order valence-electron chi connectivity index (χ0n) is 12.3. The average molecular weight is 280 g/mol. The normalized spacial score (nSPS) is 10.3. The molecule has 5 heteroatoms. The standard InChI is InChI=1S/C15H24N2O3/c1-3-11-20-12-15(18)17(10-6-9-16)13-7-4-5-8-14(13)19-2/h4-5,7-8H,3,6,9-12,16H2,1-2H3. The first-order chi connectivity index (χ1) is 9.74. The van der Waals surface area contributed by atoms with Crippen molar-refractivity contribution in [2.45, 2.75) is 19.8 Å². The third-order valence-electron chi connectivity index (χ3n) is 2.84. The van der Waals surface area contributed by atoms with Crippen LogP contribution in [0.25, 0.3) is 0 Å². The van der Waals surface area contributed by atoms with Gasteiger partial charge in [-0.25, -0.2) is 0 Å². The largest absolute Gasteiger partial charge is 0.495 e. The SMILES string of the molecule is CCCOCC(=O)N(CCCN)c1ccccc1OC. The van der Waals surface area contributed by atoms with Crippen molar-refractivity contribution in [1.82, 2.24) is 0 Å². The Hall–Kier alpha value is -1.59. The second kappa shape index (κ2) is 9.34. The van der Waals surface area contributed by atoms with E-state index in [1.807, 2.05) is 31.2 Å². The van der Waals surface area contributed by atoms with Crippen LogP contribution in [0.5, 0.6) is 5.75 Å². The van der Waals surface area contributed by atoms with Gasteiger partial charge in [0.25, 0.3) is 5.91 Å². The van der Waals surface area contributed by atoms with Crippen LogP contribution in [-0.2, 0) is 9.53 Å². The van der Waals surface area contributed by atoms with E-state index in [0.29, 0.717) is 25.4 Å². The molecule has 1 aromatic rings. The van der Waals surface area contributed by atoms with Gasteiger partial charge in [-0.15, -0.1) is 0 Å². The predicted octanol–water partition coefficient (Wildman–Crippen LogP) is 1.80. The fourth-order valence-electron chi connectivity index (χ4n) is 1.86. The maximum Gasteiger partial charge on any atom is 0.253 e. The molecule has 0 bridgehead atoms. The molecular weight excluding hydrogens is 256 g/mol. The highest BCUT2D eigenvalue weighted by Gasteiger charge is 2.18. The Morgan fingerprint density at radius 3 is 2.75 bits per heavy atom. The lowest BCUT2D eigenvalue weighted by Crippen LogP contribution is -2.36. The third kappa shape index (κ3) is 4.83. The van der Waals surface area contributed by atoms with E-state index < -0.39 is 0 Å². The molecule has 2 N–H and O–H groups in total. The molecule has 0 aliphatic carbocycles. The lowest BCUT2D eigenvalue weighted by atomic mass is 10.2. The van der Waals surface area contributed by atoms with Crippen molar-refractivity contribution in [2.75, 3.05) is 38.3 Å². The molecule has 0 fully saturated rings. The fourth-order valence-corrected chi connectivity index (χ4v) is 1.86. The Kier molecular flexibility index (Phi) is 7.69. The van der Waals surface area contributed by atoms with Crippen LogP contribution in [0.1, 0.15) is 19.8 Å². The van der Waals surface area contributed by atoms with Crippen LogP contribution in [0.3, 0.4) is 0 Å². The number of hydrogen-bond acceptors (Lipinski definition) is 4. The number of rotatable bonds is 9. The van der Waals surface area contributed by atoms with Crippen LogP contribution in [0.2, 0.25) is 0 Å². The summed E-state index contributed by atoms with van der Waals surface area (Å²) < 4.78 is 10.7. The van der Waals surface area contributed by atoms with E-state index in [1.165, 1.54) is 0 Å². The lowest BCUT2D eigenvalue weighted by molar-refractivity contribution is -0.123. The van der Waals surface area contributed by atoms with Crippen LogP contribution < -0.4 is 15.4 Å². The highest BCUT2D eigenvalue weighted by molar-refractivity contribution is 5.95. The first-order valence-corrected chi connectivity index (χ1v) is 6.95. The summed E-state index contributed by atoms with van der Waals surface area (Å²) in [6.07, 6.45) is 1.63. The van der Waals surface area contributed by atoms with Gasteiger partial charge >= 0.3 is 0 Å². The van der Waals surface area contributed by atoms with Crippen molar-refractivity contribution in [3.05, 3.63) is 24.3 Å². The van der Waals surface area contributed by atoms with Crippen LogP contribution in [0.15, 0.2) is 24.3 Å². The maximum atomic E-state index is 12.3. The van der Waals surface area contributed by atoms with E-state index in [9.17, 15) is 4.79 Å². The summed E-state index contributed by atoms with van der Waals surface area (Å²) in [6, 6.07) is 7.47. The van der Waals surface area contributed by atoms with Gasteiger partial charge < -0.3 is 20.1 Å². The van der Waals surface area contributed by atoms with Gasteiger partial charge in [-0.05, 0) is 31.5 Å². The molecule has 1 amide bonds. The van der Waals surface area contributed by atoms with Gasteiger partial charge in [0, 0.05) is 13.2 Å². The van der Waals surface area contributed by atoms with Crippen LogP contribution in [0, 0.1) is 0 Å². The molecule has 0 heterocycles. The summed E-state index contributed by atoms with van der Waals surface area (Å²) >= 11 is 0. The minimum atomic E-state index is -0.0728. The number of methoxy groups -OCH3 is 1. The van der Waals surface area contributed by atoms with E-state index in [4.69, 9.17) is 15.2 Å². The average Bonchev–Trinajstić information content (AvgIpc) is 2.48. The topological polar surface area (TPSA) is 64.8 Å². The number of nitrogens with two attached hydrogens (primary N) is 1. The van der Waals surface area contributed by atoms with Gasteiger partial charge in [0.05, 0.1) is 12.8 Å². The predicted molar refractivity (Wildman–Crippen MR) is 80.1 cm³/mol. The molecule has 1 rings (SSSR count). The molecule has 0 radical (unpaired) electrons. The minimum Gasteiger partial charge on any atom is -0.495 e. The summed E-state index contributed by atoms with van der Waals surface area (Å²) in [5.41, 5.74) is 6.30. The molecule has 0 spiro atoms. The number of ether oxygens (including phenoxy) is 2. The second-order valence-electron chi connectivity index (χ2n) is 4.41. The van der Waals surface area contributed by atoms with Crippen molar-refractivity contribution >= 4 is 11.6 Å². The van der Waals surface area contributed by atoms with E-state index >= 15 is 0 Å². The Labute approximate surface area is 120 Å². The Balaban J connectivity index is 2.84. The molecule has 0 aromatic heterocycles. The van der Waals surface area contributed by atoms with Crippen molar-refractivity contribution in [3.63, 3.8) is 0 Å². The van der Waals surface area contributed by atoms with E-state index in [-0.39, 0.29) is 12.5 Å². The second-order valence-corrected chi connectivity index (χ2v) is 4.41. The van der Waals surface area contributed by atoms with Crippen molar-refractivity contribution < 1.29 is 14.3 Å². The first kappa shape index (κ1) is 16.5. The van der Waals surface area contributed by atoms with Gasteiger partial charge in [0.15, 0.2) is 0 Å². The highest BCUT2D eigenvalue weighted by Crippen LogP contribution is 2.27. The maximum absolute atomic E-state index is 12.3. The van der Waals surface area contributed by atoms with Gasteiger partial charge in [-0.1, -0.05) is 19.1 Å². The van der Waals surface area contributed by atoms with Crippen LogP contribution in [-0.4, -0.2) is 39.3 Å². The third-order valence-corrected chi connectivity index (χ3v) is 2.84. The molecule has 5 nitrogen and oxygen atoms in total. The molecule has 1 aromatic carbocycles. The van der Waals surface area contributed by atoms with Crippen molar-refractivity contribution in [3.8, 4) is 5.75 Å². The lowest BCUT2D eigenvalue weighted by Gasteiger charge is -2.24. The number of carbonyl (C=O) groups is 1. The summed E-state index contributed by atoms with van der Waals surface area (Å²) in [6.45, 7) is 3.77. The monoisotopic (exact) mass is 280 g/mol. The number of benzene rings is 1. The zero-order valence-corrected chi connectivity index (χ0v) is 12.3. The molecular formula is C15H24N2O3. The van der Waals surface area contributed by atoms with E-state index in [1.54, 1.807) is 12.0 Å². The number of hydrogen-bond donors (Lipinski definition) is 1. The highest BCUT2D eigenvalue weighted by atomic mass is 16.5. The molecule has 0 saturated heterocycles. The molecule has 0 aliphatic rings. The van der Waals surface area contributed by atoms with Crippen molar-refractivity contribution in [2.24, 2.45) is 5.73 Å². The number of carbonyl (C=O) groups excluding carboxylic acids is 1. The zero-order chi connectivity index (χ0) is 14.8. The number of amides is 1. The van der Waals surface area contributed by atoms with Crippen LogP contribution in [0.4, 0.5) is 5.69 Å². The minimum absolute atomic E-state index is 0.0728. The quantitative estimate of drug-likeness (QED) is 0.701. The van der Waals surface area contributed by atoms with Crippen molar-refractivity contribution in [1.29, 1.82) is 0 Å². The Morgan fingerprint density at radius 2 is 2.10 bits per heavy atom. The molecule has 0 unspecified atom stereocenters. The summed E-state index contributed by atoms with van der Waals surface area (Å²) in [5, 5.41) is 0. The molecule has 20 heavy (non-hydrogen) atoms. The van der Waals surface area contributed by atoms with Gasteiger partial charge in [0.1, 0.15) is 12.4 Å². The molecule has 0 atom stereocenters.